The minimum absolute atomic E-state index is 0.145. The van der Waals surface area contributed by atoms with Crippen molar-refractivity contribution in [3.63, 3.8) is 0 Å². The number of methoxy groups -OCH3 is 1. The Morgan fingerprint density at radius 3 is 2.71 bits per heavy atom. The quantitative estimate of drug-likeness (QED) is 0.917. The van der Waals surface area contributed by atoms with Crippen LogP contribution in [0.1, 0.15) is 16.7 Å². The molecule has 0 aliphatic carbocycles. The van der Waals surface area contributed by atoms with Gasteiger partial charge in [0.05, 0.1) is 18.7 Å². The Kier molecular flexibility index (Phi) is 4.75. The average Bonchev–Trinajstić information content (AvgIpc) is 2.51. The molecule has 2 aromatic rings. The molecule has 0 radical (unpaired) electrons. The van der Waals surface area contributed by atoms with Crippen molar-refractivity contribution in [3.05, 3.63) is 58.9 Å². The number of nitrogens with zero attached hydrogens (tertiary/aromatic N) is 1. The highest BCUT2D eigenvalue weighted by Crippen LogP contribution is 2.25. The Morgan fingerprint density at radius 1 is 1.24 bits per heavy atom. The van der Waals surface area contributed by atoms with Gasteiger partial charge in [-0.15, -0.1) is 0 Å². The largest absolute Gasteiger partial charge is 0.497 e. The highest BCUT2D eigenvalue weighted by atomic mass is 19.1. The summed E-state index contributed by atoms with van der Waals surface area (Å²) in [5.41, 5.74) is 7.33. The third kappa shape index (κ3) is 3.71. The topological polar surface area (TPSA) is 68.3 Å². The van der Waals surface area contributed by atoms with Gasteiger partial charge < -0.3 is 15.2 Å². The van der Waals surface area contributed by atoms with E-state index in [2.05, 4.69) is 0 Å². The number of hydrogen-bond acceptors (Lipinski definition) is 4. The number of halogens is 1. The standard InChI is InChI=1S/C16H15FN2O2/c1-20-15-3-2-13(9-19)16(7-15)21-10-12-4-11(8-18)5-14(17)6-12/h2-7H,9-10,19H2,1H3. The molecular weight excluding hydrogens is 271 g/mol. The van der Waals surface area contributed by atoms with Crippen LogP contribution in [-0.2, 0) is 13.2 Å². The van der Waals surface area contributed by atoms with Gasteiger partial charge in [0, 0.05) is 18.2 Å². The summed E-state index contributed by atoms with van der Waals surface area (Å²) in [5, 5.41) is 8.83. The fourth-order valence-corrected chi connectivity index (χ4v) is 1.92. The van der Waals surface area contributed by atoms with Crippen LogP contribution in [-0.4, -0.2) is 7.11 Å². The molecule has 2 rings (SSSR count). The molecule has 0 aromatic heterocycles. The second-order valence-corrected chi connectivity index (χ2v) is 4.43. The minimum Gasteiger partial charge on any atom is -0.497 e. The van der Waals surface area contributed by atoms with Crippen LogP contribution in [0.15, 0.2) is 36.4 Å². The van der Waals surface area contributed by atoms with Gasteiger partial charge in [-0.2, -0.15) is 5.26 Å². The lowest BCUT2D eigenvalue weighted by molar-refractivity contribution is 0.300. The van der Waals surface area contributed by atoms with Crippen LogP contribution in [0.4, 0.5) is 4.39 Å². The summed E-state index contributed by atoms with van der Waals surface area (Å²) in [6.07, 6.45) is 0. The Morgan fingerprint density at radius 2 is 2.05 bits per heavy atom. The predicted molar refractivity (Wildman–Crippen MR) is 76.3 cm³/mol. The minimum atomic E-state index is -0.461. The lowest BCUT2D eigenvalue weighted by Crippen LogP contribution is -2.03. The van der Waals surface area contributed by atoms with Gasteiger partial charge in [-0.05, 0) is 29.8 Å². The average molecular weight is 286 g/mol. The smallest absolute Gasteiger partial charge is 0.127 e. The van der Waals surface area contributed by atoms with Crippen LogP contribution in [0.5, 0.6) is 11.5 Å². The van der Waals surface area contributed by atoms with Crippen LogP contribution in [0.2, 0.25) is 0 Å². The summed E-state index contributed by atoms with van der Waals surface area (Å²) in [5.74, 6) is 0.774. The fourth-order valence-electron chi connectivity index (χ4n) is 1.92. The van der Waals surface area contributed by atoms with Crippen molar-refractivity contribution in [2.24, 2.45) is 5.73 Å². The van der Waals surface area contributed by atoms with E-state index in [0.29, 0.717) is 23.6 Å². The molecule has 0 saturated carbocycles. The van der Waals surface area contributed by atoms with E-state index in [9.17, 15) is 4.39 Å². The van der Waals surface area contributed by atoms with Crippen molar-refractivity contribution in [2.45, 2.75) is 13.2 Å². The summed E-state index contributed by atoms with van der Waals surface area (Å²) in [4.78, 5) is 0. The zero-order chi connectivity index (χ0) is 15.2. The number of rotatable bonds is 5. The van der Waals surface area contributed by atoms with Gasteiger partial charge in [0.15, 0.2) is 0 Å². The summed E-state index contributed by atoms with van der Waals surface area (Å²) < 4.78 is 24.2. The maximum absolute atomic E-state index is 13.4. The van der Waals surface area contributed by atoms with Crippen molar-refractivity contribution in [3.8, 4) is 17.6 Å². The molecule has 5 heteroatoms. The molecule has 0 unspecified atom stereocenters. The van der Waals surface area contributed by atoms with E-state index < -0.39 is 5.82 Å². The van der Waals surface area contributed by atoms with E-state index in [-0.39, 0.29) is 12.2 Å². The molecule has 0 heterocycles. The molecule has 21 heavy (non-hydrogen) atoms. The first kappa shape index (κ1) is 14.8. The van der Waals surface area contributed by atoms with E-state index in [1.54, 1.807) is 25.3 Å². The van der Waals surface area contributed by atoms with Crippen molar-refractivity contribution < 1.29 is 13.9 Å². The van der Waals surface area contributed by atoms with E-state index in [4.69, 9.17) is 20.5 Å². The van der Waals surface area contributed by atoms with E-state index in [1.807, 2.05) is 12.1 Å². The molecule has 4 nitrogen and oxygen atoms in total. The summed E-state index contributed by atoms with van der Waals surface area (Å²) in [6.45, 7) is 0.471. The molecular formula is C16H15FN2O2. The summed E-state index contributed by atoms with van der Waals surface area (Å²) >= 11 is 0. The number of hydrogen-bond donors (Lipinski definition) is 1. The molecule has 108 valence electrons. The number of benzene rings is 2. The highest BCUT2D eigenvalue weighted by molar-refractivity contribution is 5.41. The number of nitrogens with two attached hydrogens (primary N) is 1. The van der Waals surface area contributed by atoms with Gasteiger partial charge >= 0.3 is 0 Å². The van der Waals surface area contributed by atoms with Gasteiger partial charge in [0.25, 0.3) is 0 Å². The van der Waals surface area contributed by atoms with Crippen molar-refractivity contribution >= 4 is 0 Å². The first-order valence-electron chi connectivity index (χ1n) is 6.35. The van der Waals surface area contributed by atoms with Crippen LogP contribution >= 0.6 is 0 Å². The molecule has 0 saturated heterocycles. The molecule has 0 atom stereocenters. The van der Waals surface area contributed by atoms with Crippen LogP contribution < -0.4 is 15.2 Å². The van der Waals surface area contributed by atoms with Crippen LogP contribution in [0.3, 0.4) is 0 Å². The Bertz CT molecular complexity index is 680. The number of ether oxygens (including phenoxy) is 2. The molecule has 0 aliphatic rings. The SMILES string of the molecule is COc1ccc(CN)c(OCc2cc(F)cc(C#N)c2)c1. The first-order valence-corrected chi connectivity index (χ1v) is 6.35. The van der Waals surface area contributed by atoms with Gasteiger partial charge in [-0.1, -0.05) is 6.07 Å². The van der Waals surface area contributed by atoms with Crippen molar-refractivity contribution in [1.82, 2.24) is 0 Å². The summed E-state index contributed by atoms with van der Waals surface area (Å²) in [7, 11) is 1.56. The molecule has 0 amide bonds. The second kappa shape index (κ2) is 6.73. The predicted octanol–water partition coefficient (Wildman–Crippen LogP) is 2.74. The normalized spacial score (nSPS) is 10.0. The zero-order valence-electron chi connectivity index (χ0n) is 11.6. The van der Waals surface area contributed by atoms with E-state index in [0.717, 1.165) is 5.56 Å². The van der Waals surface area contributed by atoms with Gasteiger partial charge in [-0.25, -0.2) is 4.39 Å². The second-order valence-electron chi connectivity index (χ2n) is 4.43. The Labute approximate surface area is 122 Å². The summed E-state index contributed by atoms with van der Waals surface area (Å²) in [6, 6.07) is 11.4. The van der Waals surface area contributed by atoms with Crippen LogP contribution in [0, 0.1) is 17.1 Å². The first-order chi connectivity index (χ1) is 10.2. The molecule has 0 aliphatic heterocycles. The monoisotopic (exact) mass is 286 g/mol. The molecule has 2 N–H and O–H groups in total. The maximum Gasteiger partial charge on any atom is 0.127 e. The molecule has 0 bridgehead atoms. The third-order valence-electron chi connectivity index (χ3n) is 2.98. The van der Waals surface area contributed by atoms with Crippen molar-refractivity contribution in [2.75, 3.05) is 7.11 Å². The highest BCUT2D eigenvalue weighted by Gasteiger charge is 2.06. The van der Waals surface area contributed by atoms with Gasteiger partial charge in [-0.3, -0.25) is 0 Å². The lowest BCUT2D eigenvalue weighted by atomic mass is 10.1. The van der Waals surface area contributed by atoms with Gasteiger partial charge in [0.1, 0.15) is 23.9 Å². The Balaban J connectivity index is 2.19. The molecule has 2 aromatic carbocycles. The fraction of sp³-hybridized carbons (Fsp3) is 0.188. The van der Waals surface area contributed by atoms with E-state index in [1.165, 1.54) is 12.1 Å². The van der Waals surface area contributed by atoms with Crippen LogP contribution in [0.25, 0.3) is 0 Å². The molecule has 0 spiro atoms. The lowest BCUT2D eigenvalue weighted by Gasteiger charge is -2.12. The third-order valence-corrected chi connectivity index (χ3v) is 2.98. The van der Waals surface area contributed by atoms with Gasteiger partial charge in [0.2, 0.25) is 0 Å². The number of nitriles is 1. The maximum atomic E-state index is 13.4. The molecule has 0 fully saturated rings. The van der Waals surface area contributed by atoms with Crippen molar-refractivity contribution in [1.29, 1.82) is 5.26 Å². The zero-order valence-corrected chi connectivity index (χ0v) is 11.6. The van der Waals surface area contributed by atoms with E-state index >= 15 is 0 Å². The Hall–Kier alpha value is -2.58.